The molecule has 1 aliphatic heterocycles. The van der Waals surface area contributed by atoms with Crippen molar-refractivity contribution in [2.24, 2.45) is 5.92 Å². The molecule has 1 N–H and O–H groups in total. The molecule has 21 heavy (non-hydrogen) atoms. The van der Waals surface area contributed by atoms with Crippen molar-refractivity contribution in [2.45, 2.75) is 25.2 Å². The van der Waals surface area contributed by atoms with Crippen molar-refractivity contribution in [2.75, 3.05) is 40.0 Å². The van der Waals surface area contributed by atoms with Crippen LogP contribution in [-0.4, -0.2) is 40.0 Å². The van der Waals surface area contributed by atoms with Gasteiger partial charge in [-0.25, -0.2) is 0 Å². The summed E-state index contributed by atoms with van der Waals surface area (Å²) in [6.07, 6.45) is 3.64. The van der Waals surface area contributed by atoms with Gasteiger partial charge < -0.3 is 14.8 Å². The molecule has 1 saturated heterocycles. The average molecular weight is 356 g/mol. The minimum Gasteiger partial charge on any atom is -0.383 e. The Morgan fingerprint density at radius 1 is 1.29 bits per heavy atom. The van der Waals surface area contributed by atoms with Crippen molar-refractivity contribution in [1.29, 1.82) is 0 Å². The van der Waals surface area contributed by atoms with Crippen LogP contribution in [0.1, 0.15) is 30.7 Å². The molecule has 0 saturated carbocycles. The molecule has 4 heteroatoms. The summed E-state index contributed by atoms with van der Waals surface area (Å²) in [5, 5.41) is 3.52. The van der Waals surface area contributed by atoms with Crippen LogP contribution in [0, 0.1) is 5.92 Å². The van der Waals surface area contributed by atoms with E-state index in [0.717, 1.165) is 43.3 Å². The smallest absolute Gasteiger partial charge is 0.0587 e. The van der Waals surface area contributed by atoms with Crippen molar-refractivity contribution in [3.63, 3.8) is 0 Å². The van der Waals surface area contributed by atoms with Gasteiger partial charge in [0, 0.05) is 37.9 Å². The van der Waals surface area contributed by atoms with Gasteiger partial charge in [0.25, 0.3) is 0 Å². The van der Waals surface area contributed by atoms with Gasteiger partial charge in [-0.3, -0.25) is 0 Å². The van der Waals surface area contributed by atoms with Crippen molar-refractivity contribution in [3.8, 4) is 0 Å². The number of methoxy groups -OCH3 is 1. The molecule has 3 nitrogen and oxygen atoms in total. The molecule has 1 fully saturated rings. The van der Waals surface area contributed by atoms with Crippen LogP contribution in [0.4, 0.5) is 0 Å². The Bertz CT molecular complexity index is 390. The Hall–Kier alpha value is -0.420. The van der Waals surface area contributed by atoms with Gasteiger partial charge in [0.15, 0.2) is 0 Å². The van der Waals surface area contributed by atoms with Gasteiger partial charge in [-0.05, 0) is 48.8 Å². The Morgan fingerprint density at radius 3 is 2.67 bits per heavy atom. The zero-order chi connectivity index (χ0) is 14.9. The van der Waals surface area contributed by atoms with Crippen molar-refractivity contribution >= 4 is 15.9 Å². The summed E-state index contributed by atoms with van der Waals surface area (Å²) in [6, 6.07) is 8.76. The fraction of sp³-hybridized carbons (Fsp3) is 0.647. The lowest BCUT2D eigenvalue weighted by atomic mass is 9.85. The highest BCUT2D eigenvalue weighted by molar-refractivity contribution is 9.10. The van der Waals surface area contributed by atoms with Crippen LogP contribution in [-0.2, 0) is 9.47 Å². The monoisotopic (exact) mass is 355 g/mol. The van der Waals surface area contributed by atoms with E-state index in [0.29, 0.717) is 5.92 Å². The minimum atomic E-state index is 0.568. The summed E-state index contributed by atoms with van der Waals surface area (Å²) >= 11 is 3.52. The van der Waals surface area contributed by atoms with Gasteiger partial charge in [-0.15, -0.1) is 0 Å². The number of rotatable bonds is 8. The number of hydrogen-bond donors (Lipinski definition) is 1. The summed E-state index contributed by atoms with van der Waals surface area (Å²) in [7, 11) is 1.75. The molecule has 0 radical (unpaired) electrons. The molecule has 1 aliphatic rings. The molecule has 0 aliphatic carbocycles. The number of nitrogens with one attached hydrogen (secondary N) is 1. The fourth-order valence-electron chi connectivity index (χ4n) is 2.91. The molecule has 0 bridgehead atoms. The summed E-state index contributed by atoms with van der Waals surface area (Å²) in [5.74, 6) is 1.36. The van der Waals surface area contributed by atoms with Gasteiger partial charge in [0.05, 0.1) is 6.61 Å². The quantitative estimate of drug-likeness (QED) is 0.722. The fourth-order valence-corrected chi connectivity index (χ4v) is 3.17. The Balaban J connectivity index is 1.93. The predicted octanol–water partition coefficient (Wildman–Crippen LogP) is 3.59. The lowest BCUT2D eigenvalue weighted by Gasteiger charge is -2.27. The second-order valence-electron chi connectivity index (χ2n) is 5.74. The third-order valence-corrected chi connectivity index (χ3v) is 4.70. The van der Waals surface area contributed by atoms with Crippen LogP contribution in [0.3, 0.4) is 0 Å². The molecular formula is C17H26BrNO2. The maximum atomic E-state index is 5.48. The lowest BCUT2D eigenvalue weighted by Crippen LogP contribution is -2.27. The zero-order valence-corrected chi connectivity index (χ0v) is 14.4. The molecule has 0 spiro atoms. The first-order chi connectivity index (χ1) is 10.3. The molecule has 2 rings (SSSR count). The van der Waals surface area contributed by atoms with Gasteiger partial charge in [-0.1, -0.05) is 28.1 Å². The maximum absolute atomic E-state index is 5.48. The summed E-state index contributed by atoms with van der Waals surface area (Å²) in [6.45, 7) is 4.55. The van der Waals surface area contributed by atoms with E-state index in [1.54, 1.807) is 7.11 Å². The van der Waals surface area contributed by atoms with Crippen LogP contribution in [0.2, 0.25) is 0 Å². The molecule has 1 aromatic carbocycles. The maximum Gasteiger partial charge on any atom is 0.0587 e. The van der Waals surface area contributed by atoms with Crippen LogP contribution >= 0.6 is 15.9 Å². The average Bonchev–Trinajstić information content (AvgIpc) is 2.52. The summed E-state index contributed by atoms with van der Waals surface area (Å²) in [5.41, 5.74) is 1.43. The van der Waals surface area contributed by atoms with E-state index in [1.165, 1.54) is 24.8 Å². The first-order valence-electron chi connectivity index (χ1n) is 7.82. The number of halogens is 1. The highest BCUT2D eigenvalue weighted by Crippen LogP contribution is 2.29. The van der Waals surface area contributed by atoms with E-state index >= 15 is 0 Å². The molecule has 1 heterocycles. The SMILES string of the molecule is COCCNCC(CC1CCOCC1)c1ccc(Br)cc1. The lowest BCUT2D eigenvalue weighted by molar-refractivity contribution is 0.0616. The molecule has 118 valence electrons. The molecule has 1 atom stereocenters. The number of benzene rings is 1. The van der Waals surface area contributed by atoms with E-state index in [4.69, 9.17) is 9.47 Å². The molecule has 0 aromatic heterocycles. The normalized spacial score (nSPS) is 17.8. The second-order valence-corrected chi connectivity index (χ2v) is 6.65. The topological polar surface area (TPSA) is 30.5 Å². The van der Waals surface area contributed by atoms with Crippen LogP contribution in [0.15, 0.2) is 28.7 Å². The van der Waals surface area contributed by atoms with E-state index in [1.807, 2.05) is 0 Å². The third-order valence-electron chi connectivity index (χ3n) is 4.17. The number of ether oxygens (including phenoxy) is 2. The van der Waals surface area contributed by atoms with Gasteiger partial charge >= 0.3 is 0 Å². The van der Waals surface area contributed by atoms with Crippen molar-refractivity contribution in [1.82, 2.24) is 5.32 Å². The highest BCUT2D eigenvalue weighted by atomic mass is 79.9. The molecule has 1 unspecified atom stereocenters. The minimum absolute atomic E-state index is 0.568. The molecule has 1 aromatic rings. The Morgan fingerprint density at radius 2 is 2.00 bits per heavy atom. The third kappa shape index (κ3) is 6.07. The van der Waals surface area contributed by atoms with Crippen LogP contribution in [0.5, 0.6) is 0 Å². The first-order valence-corrected chi connectivity index (χ1v) is 8.61. The first kappa shape index (κ1) is 16.9. The number of hydrogen-bond acceptors (Lipinski definition) is 3. The van der Waals surface area contributed by atoms with Crippen LogP contribution in [0.25, 0.3) is 0 Å². The van der Waals surface area contributed by atoms with E-state index in [-0.39, 0.29) is 0 Å². The second kappa shape index (κ2) is 9.57. The van der Waals surface area contributed by atoms with Gasteiger partial charge in [-0.2, -0.15) is 0 Å². The highest BCUT2D eigenvalue weighted by Gasteiger charge is 2.20. The zero-order valence-electron chi connectivity index (χ0n) is 12.8. The van der Waals surface area contributed by atoms with Crippen LogP contribution < -0.4 is 5.32 Å². The van der Waals surface area contributed by atoms with E-state index in [2.05, 4.69) is 45.5 Å². The van der Waals surface area contributed by atoms with E-state index in [9.17, 15) is 0 Å². The van der Waals surface area contributed by atoms with Gasteiger partial charge in [0.1, 0.15) is 0 Å². The predicted molar refractivity (Wildman–Crippen MR) is 89.8 cm³/mol. The summed E-state index contributed by atoms with van der Waals surface area (Å²) in [4.78, 5) is 0. The molecule has 0 amide bonds. The molecular weight excluding hydrogens is 330 g/mol. The van der Waals surface area contributed by atoms with Crippen molar-refractivity contribution < 1.29 is 9.47 Å². The van der Waals surface area contributed by atoms with Crippen molar-refractivity contribution in [3.05, 3.63) is 34.3 Å². The van der Waals surface area contributed by atoms with E-state index < -0.39 is 0 Å². The summed E-state index contributed by atoms with van der Waals surface area (Å²) < 4.78 is 11.7. The Kier molecular flexibility index (Phi) is 7.72. The Labute approximate surface area is 136 Å². The standard InChI is InChI=1S/C17H26BrNO2/c1-20-11-8-19-13-16(12-14-6-9-21-10-7-14)15-2-4-17(18)5-3-15/h2-5,14,16,19H,6-13H2,1H3. The van der Waals surface area contributed by atoms with Gasteiger partial charge in [0.2, 0.25) is 0 Å². The largest absolute Gasteiger partial charge is 0.383 e.